The van der Waals surface area contributed by atoms with Crippen LogP contribution in [0.2, 0.25) is 0 Å². The van der Waals surface area contributed by atoms with E-state index >= 15 is 0 Å². The van der Waals surface area contributed by atoms with Gasteiger partial charge >= 0.3 is 0 Å². The molecule has 0 aliphatic heterocycles. The topological polar surface area (TPSA) is 33.5 Å². The fourth-order valence-electron chi connectivity index (χ4n) is 3.21. The Hall–Kier alpha value is -1.09. The monoisotopic (exact) mass is 277 g/mol. The van der Waals surface area contributed by atoms with Gasteiger partial charge in [-0.25, -0.2) is 0 Å². The van der Waals surface area contributed by atoms with Crippen molar-refractivity contribution in [3.05, 3.63) is 24.2 Å². The van der Waals surface area contributed by atoms with Crippen molar-refractivity contribution in [3.8, 4) is 0 Å². The number of rotatable bonds is 4. The van der Waals surface area contributed by atoms with E-state index in [1.807, 2.05) is 6.07 Å². The van der Waals surface area contributed by atoms with Crippen molar-refractivity contribution in [1.29, 1.82) is 0 Å². The van der Waals surface area contributed by atoms with E-state index in [-0.39, 0.29) is 5.92 Å². The fraction of sp³-hybridized carbons (Fsp3) is 0.706. The minimum atomic E-state index is 0.199. The summed E-state index contributed by atoms with van der Waals surface area (Å²) in [5.41, 5.74) is 1.48. The van der Waals surface area contributed by atoms with Crippen molar-refractivity contribution >= 4 is 5.78 Å². The molecule has 1 saturated carbocycles. The Morgan fingerprint density at radius 2 is 2.15 bits per heavy atom. The molecule has 1 heterocycles. The molecule has 0 N–H and O–H groups in total. The summed E-state index contributed by atoms with van der Waals surface area (Å²) in [7, 11) is 2.08. The van der Waals surface area contributed by atoms with Crippen LogP contribution < -0.4 is 0 Å². The van der Waals surface area contributed by atoms with Gasteiger partial charge in [-0.2, -0.15) is 0 Å². The van der Waals surface area contributed by atoms with Crippen molar-refractivity contribution < 1.29 is 9.21 Å². The maximum atomic E-state index is 12.2. The van der Waals surface area contributed by atoms with E-state index in [0.29, 0.717) is 17.1 Å². The lowest BCUT2D eigenvalue weighted by Gasteiger charge is -2.38. The third kappa shape index (κ3) is 3.95. The summed E-state index contributed by atoms with van der Waals surface area (Å²) in [5, 5.41) is 0. The number of nitrogens with zero attached hydrogens (tertiary/aromatic N) is 1. The predicted octanol–water partition coefficient (Wildman–Crippen LogP) is 3.74. The number of ketones is 1. The van der Waals surface area contributed by atoms with Crippen LogP contribution in [0.3, 0.4) is 0 Å². The van der Waals surface area contributed by atoms with E-state index < -0.39 is 0 Å². The fourth-order valence-corrected chi connectivity index (χ4v) is 3.21. The van der Waals surface area contributed by atoms with E-state index in [1.54, 1.807) is 12.5 Å². The smallest absolute Gasteiger partial charge is 0.137 e. The van der Waals surface area contributed by atoms with Gasteiger partial charge in [-0.3, -0.25) is 4.79 Å². The molecule has 3 heteroatoms. The van der Waals surface area contributed by atoms with Crippen LogP contribution in [-0.4, -0.2) is 24.3 Å². The number of Topliss-reactive ketones (excluding diaryl/α,β-unsaturated/α-hetero) is 1. The van der Waals surface area contributed by atoms with Gasteiger partial charge in [0.05, 0.1) is 12.5 Å². The lowest BCUT2D eigenvalue weighted by molar-refractivity contribution is -0.127. The molecule has 112 valence electrons. The summed E-state index contributed by atoms with van der Waals surface area (Å²) in [6.07, 6.45) is 6.33. The number of furan rings is 1. The second kappa shape index (κ2) is 6.13. The number of carbonyl (C=O) groups excluding carboxylic acids is 1. The van der Waals surface area contributed by atoms with E-state index in [0.717, 1.165) is 32.4 Å². The molecule has 0 spiro atoms. The normalized spacial score (nSPS) is 24.4. The number of hydrogen-bond donors (Lipinski definition) is 0. The first kappa shape index (κ1) is 15.3. The Kier molecular flexibility index (Phi) is 4.69. The zero-order valence-corrected chi connectivity index (χ0v) is 13.2. The third-order valence-corrected chi connectivity index (χ3v) is 4.55. The molecule has 2 rings (SSSR count). The van der Waals surface area contributed by atoms with Crippen LogP contribution >= 0.6 is 0 Å². The van der Waals surface area contributed by atoms with Gasteiger partial charge in [-0.1, -0.05) is 20.8 Å². The second-order valence-corrected chi connectivity index (χ2v) is 7.33. The largest absolute Gasteiger partial charge is 0.472 e. The molecule has 0 saturated heterocycles. The van der Waals surface area contributed by atoms with Crippen LogP contribution in [0.15, 0.2) is 23.0 Å². The first-order valence-corrected chi connectivity index (χ1v) is 7.58. The van der Waals surface area contributed by atoms with Crippen LogP contribution in [0.25, 0.3) is 0 Å². The highest BCUT2D eigenvalue weighted by Gasteiger charge is 2.35. The zero-order valence-electron chi connectivity index (χ0n) is 13.2. The van der Waals surface area contributed by atoms with Crippen LogP contribution in [-0.2, 0) is 11.3 Å². The molecule has 0 amide bonds. The molecular weight excluding hydrogens is 250 g/mol. The predicted molar refractivity (Wildman–Crippen MR) is 80.3 cm³/mol. The molecule has 2 unspecified atom stereocenters. The average Bonchev–Trinajstić information content (AvgIpc) is 2.83. The van der Waals surface area contributed by atoms with E-state index in [4.69, 9.17) is 4.42 Å². The minimum absolute atomic E-state index is 0.199. The van der Waals surface area contributed by atoms with Gasteiger partial charge in [0.15, 0.2) is 0 Å². The molecule has 1 aromatic heterocycles. The molecule has 0 bridgehead atoms. The molecule has 0 aromatic carbocycles. The Morgan fingerprint density at radius 3 is 2.75 bits per heavy atom. The molecule has 2 atom stereocenters. The van der Waals surface area contributed by atoms with E-state index in [2.05, 4.69) is 32.7 Å². The zero-order chi connectivity index (χ0) is 14.8. The van der Waals surface area contributed by atoms with Crippen molar-refractivity contribution in [2.45, 2.75) is 46.6 Å². The molecule has 1 aromatic rings. The van der Waals surface area contributed by atoms with Crippen molar-refractivity contribution in [1.82, 2.24) is 4.90 Å². The van der Waals surface area contributed by atoms with Gasteiger partial charge < -0.3 is 9.32 Å². The van der Waals surface area contributed by atoms with Crippen molar-refractivity contribution in [3.63, 3.8) is 0 Å². The summed E-state index contributed by atoms with van der Waals surface area (Å²) in [4.78, 5) is 14.4. The van der Waals surface area contributed by atoms with Gasteiger partial charge in [0, 0.05) is 31.0 Å². The highest BCUT2D eigenvalue weighted by atomic mass is 16.3. The maximum Gasteiger partial charge on any atom is 0.137 e. The van der Waals surface area contributed by atoms with E-state index in [9.17, 15) is 4.79 Å². The van der Waals surface area contributed by atoms with Crippen LogP contribution in [0.5, 0.6) is 0 Å². The van der Waals surface area contributed by atoms with Gasteiger partial charge in [0.1, 0.15) is 5.78 Å². The van der Waals surface area contributed by atoms with Crippen LogP contribution in [0.4, 0.5) is 0 Å². The summed E-state index contributed by atoms with van der Waals surface area (Å²) in [6.45, 7) is 8.58. The molecule has 1 aliphatic rings. The Morgan fingerprint density at radius 1 is 1.40 bits per heavy atom. The van der Waals surface area contributed by atoms with Crippen LogP contribution in [0.1, 0.15) is 45.6 Å². The lowest BCUT2D eigenvalue weighted by atomic mass is 9.68. The Bertz CT molecular complexity index is 430. The SMILES string of the molecule is CN(Cc1ccoc1)CC1CC(C(C)(C)C)CCC1=O. The van der Waals surface area contributed by atoms with E-state index in [1.165, 1.54) is 5.56 Å². The number of carbonyl (C=O) groups is 1. The molecule has 3 nitrogen and oxygen atoms in total. The van der Waals surface area contributed by atoms with Gasteiger partial charge in [0.2, 0.25) is 0 Å². The first-order chi connectivity index (χ1) is 9.36. The molecule has 20 heavy (non-hydrogen) atoms. The average molecular weight is 277 g/mol. The molecule has 1 fully saturated rings. The standard InChI is InChI=1S/C17H27NO2/c1-17(2,3)15-5-6-16(19)14(9-15)11-18(4)10-13-7-8-20-12-13/h7-8,12,14-15H,5-6,9-11H2,1-4H3. The van der Waals surface area contributed by atoms with Gasteiger partial charge in [-0.15, -0.1) is 0 Å². The van der Waals surface area contributed by atoms with Crippen molar-refractivity contribution in [2.75, 3.05) is 13.6 Å². The highest BCUT2D eigenvalue weighted by Crippen LogP contribution is 2.39. The summed E-state index contributed by atoms with van der Waals surface area (Å²) < 4.78 is 5.09. The second-order valence-electron chi connectivity index (χ2n) is 7.33. The van der Waals surface area contributed by atoms with Gasteiger partial charge in [-0.05, 0) is 37.3 Å². The highest BCUT2D eigenvalue weighted by molar-refractivity contribution is 5.82. The molecular formula is C17H27NO2. The molecule has 0 radical (unpaired) electrons. The van der Waals surface area contributed by atoms with Gasteiger partial charge in [0.25, 0.3) is 0 Å². The minimum Gasteiger partial charge on any atom is -0.472 e. The Labute approximate surface area is 122 Å². The Balaban J connectivity index is 1.91. The summed E-state index contributed by atoms with van der Waals surface area (Å²) in [5.74, 6) is 1.31. The lowest BCUT2D eigenvalue weighted by Crippen LogP contribution is -2.37. The summed E-state index contributed by atoms with van der Waals surface area (Å²) >= 11 is 0. The van der Waals surface area contributed by atoms with Crippen molar-refractivity contribution in [2.24, 2.45) is 17.3 Å². The third-order valence-electron chi connectivity index (χ3n) is 4.55. The quantitative estimate of drug-likeness (QED) is 0.840. The maximum absolute atomic E-state index is 12.2. The number of hydrogen-bond acceptors (Lipinski definition) is 3. The van der Waals surface area contributed by atoms with Crippen LogP contribution in [0, 0.1) is 17.3 Å². The summed E-state index contributed by atoms with van der Waals surface area (Å²) in [6, 6.07) is 1.98. The first-order valence-electron chi connectivity index (χ1n) is 7.58. The molecule has 1 aliphatic carbocycles.